The summed E-state index contributed by atoms with van der Waals surface area (Å²) in [6, 6.07) is 27.9. The summed E-state index contributed by atoms with van der Waals surface area (Å²) in [5.74, 6) is -3.61. The molecular weight excluding hydrogens is 1830 g/mol. The van der Waals surface area contributed by atoms with Crippen molar-refractivity contribution in [2.45, 2.75) is 323 Å². The van der Waals surface area contributed by atoms with Crippen LogP contribution < -0.4 is 26.6 Å². The molecule has 5 aliphatic carbocycles. The van der Waals surface area contributed by atoms with Gasteiger partial charge in [0.25, 0.3) is 0 Å². The molecule has 0 saturated heterocycles. The number of carboxylic acid groups (broad SMARTS) is 1. The zero-order valence-corrected chi connectivity index (χ0v) is 84.0. The number of aliphatic hydroxyl groups is 4. The van der Waals surface area contributed by atoms with Gasteiger partial charge in [-0.25, -0.2) is 55.7 Å². The van der Waals surface area contributed by atoms with Crippen molar-refractivity contribution in [1.82, 2.24) is 47.8 Å². The first-order chi connectivity index (χ1) is 65.0. The maximum Gasteiger partial charge on any atom is 0.307 e. The second-order valence-electron chi connectivity index (χ2n) is 46.1. The number of benzene rings is 7. The summed E-state index contributed by atoms with van der Waals surface area (Å²) < 4.78 is 112. The van der Waals surface area contributed by atoms with Gasteiger partial charge in [0, 0.05) is 91.8 Å². The van der Waals surface area contributed by atoms with E-state index in [1.165, 1.54) is 63.7 Å². The third-order valence-electron chi connectivity index (χ3n) is 25.6. The van der Waals surface area contributed by atoms with Crippen LogP contribution in [-0.2, 0) is 60.9 Å². The number of halogens is 7. The first kappa shape index (κ1) is 110. The van der Waals surface area contributed by atoms with Gasteiger partial charge >= 0.3 is 5.97 Å². The Morgan fingerprint density at radius 1 is 0.338 bits per heavy atom. The van der Waals surface area contributed by atoms with E-state index in [9.17, 15) is 62.4 Å². The zero-order chi connectivity index (χ0) is 103. The van der Waals surface area contributed by atoms with Crippen LogP contribution in [0.3, 0.4) is 0 Å². The summed E-state index contributed by atoms with van der Waals surface area (Å²) in [5, 5.41) is 63.7. The Morgan fingerprint density at radius 3 is 0.810 bits per heavy atom. The number of anilines is 5. The number of nitrogens with zero attached hydrogens (tertiary/aromatic N) is 10. The molecule has 5 aromatic heterocycles. The highest BCUT2D eigenvalue weighted by Crippen LogP contribution is 2.54. The van der Waals surface area contributed by atoms with Gasteiger partial charge in [0.15, 0.2) is 29.1 Å². The smallest absolute Gasteiger partial charge is 0.307 e. The van der Waals surface area contributed by atoms with Gasteiger partial charge in [-0.2, -0.15) is 0 Å². The van der Waals surface area contributed by atoms with Crippen molar-refractivity contribution in [3.8, 4) is 11.4 Å². The van der Waals surface area contributed by atoms with Crippen LogP contribution in [0.4, 0.5) is 60.5 Å². The lowest BCUT2D eigenvalue weighted by molar-refractivity contribution is -0.136. The predicted octanol–water partition coefficient (Wildman–Crippen LogP) is 23.6. The van der Waals surface area contributed by atoms with E-state index in [2.05, 4.69) is 65.4 Å². The van der Waals surface area contributed by atoms with E-state index in [1.807, 2.05) is 85.3 Å². The molecule has 7 aromatic carbocycles. The molecule has 5 amide bonds. The van der Waals surface area contributed by atoms with Crippen molar-refractivity contribution in [3.63, 3.8) is 0 Å². The Labute approximate surface area is 826 Å². The summed E-state index contributed by atoms with van der Waals surface area (Å²) in [6.07, 6.45) is 11.7. The Bertz CT molecular complexity index is 6660. The number of aliphatic carboxylic acids is 1. The van der Waals surface area contributed by atoms with Crippen molar-refractivity contribution in [2.75, 3.05) is 26.6 Å². The van der Waals surface area contributed by atoms with Gasteiger partial charge in [0.2, 0.25) is 59.3 Å². The second kappa shape index (κ2) is 42.2. The highest BCUT2D eigenvalue weighted by molar-refractivity contribution is 5.99. The molecule has 33 heteroatoms. The van der Waals surface area contributed by atoms with Crippen LogP contribution in [0.25, 0.3) is 66.5 Å². The zero-order valence-electron chi connectivity index (χ0n) is 84.0. The minimum atomic E-state index is -1.10. The van der Waals surface area contributed by atoms with Crippen LogP contribution in [0.1, 0.15) is 296 Å². The van der Waals surface area contributed by atoms with Crippen LogP contribution in [0.15, 0.2) is 109 Å². The molecule has 0 spiro atoms. The maximum absolute atomic E-state index is 15.5. The van der Waals surface area contributed by atoms with Crippen LogP contribution in [0.5, 0.6) is 0 Å². The molecule has 0 unspecified atom stereocenters. The molecule has 26 nitrogen and oxygen atoms in total. The van der Waals surface area contributed by atoms with Gasteiger partial charge in [-0.1, -0.05) is 135 Å². The van der Waals surface area contributed by atoms with Gasteiger partial charge < -0.3 is 39.2 Å². The number of nitrogens with one attached hydrogen (secondary N) is 5. The highest BCUT2D eigenvalue weighted by atomic mass is 19.2. The summed E-state index contributed by atoms with van der Waals surface area (Å²) in [4.78, 5) is 95.9. The summed E-state index contributed by atoms with van der Waals surface area (Å²) in [5.41, 5.74) is 1.57. The van der Waals surface area contributed by atoms with Crippen molar-refractivity contribution < 1.29 is 85.0 Å². The quantitative estimate of drug-likeness (QED) is 0.0238. The molecule has 768 valence electrons. The molecular formula is C109H142F7N15O11. The third-order valence-corrected chi connectivity index (χ3v) is 25.6. The standard InChI is InChI=1S/C23H25F2N3O2.C23H27F2N3O2.C21H28FN3O2.C21H30FN3O2.C19H24FN3O3.2CH4/c1-22(2)12-16(22)20(29)27-21-26-17-10-5-13(11-23(3,4)30)18(25)19(17)28(21)15-8-6-14(24)7-9-15;1-22(2,3)13-18(29)27-21-26-17-11-6-14(12-23(4,5)30)19(25)20(17)28(21)16-9-7-15(24)8-10-16;1-20(2)11-14(20)18(26)24-19-23-15-9-8-12(10-21(3,4)27)16(22)17(15)25(19)13-6-5-7-13;1-20(2,3)12-16(26)24-19-23-15-10-9-13(11-21(4,5)27)17(22)18(15)25(19)14-7-6-8-14;1-19(2,3)10-14(24)22-18-21-13-8-7-11(9-15(25)26)16(20)17(13)23(18)12-5-4-6-12;;/h5-10,16,30H,11-12H2,1-4H3,(H,26,27,29);6-11,30H,12-13H2,1-5H3,(H,26,27,29);8-9,13-14,27H,5-7,10-11H2,1-4H3,(H,23,24,26);9-10,14,27H,6-8,11-12H2,1-5H3,(H,23,24,26);7-8,12H,4-6,9-10H2,1-3H3,(H,25,26)(H,21,22,24);2*1H4/t16-;;14-;;;;/m1.1..../s1. The van der Waals surface area contributed by atoms with Gasteiger partial charge in [0.1, 0.15) is 39.2 Å². The number of rotatable bonds is 25. The molecule has 5 heterocycles. The number of carbonyl (C=O) groups excluding carboxylic acids is 5. The summed E-state index contributed by atoms with van der Waals surface area (Å²) in [6.45, 7) is 39.0. The van der Waals surface area contributed by atoms with E-state index >= 15 is 17.6 Å². The fourth-order valence-electron chi connectivity index (χ4n) is 17.9. The van der Waals surface area contributed by atoms with E-state index in [0.717, 1.165) is 70.6 Å². The molecule has 5 aliphatic rings. The number of hydrogen-bond donors (Lipinski definition) is 10. The number of aromatic nitrogens is 10. The minimum absolute atomic E-state index is 0. The average Bonchev–Trinajstić information content (AvgIpc) is 1.60. The van der Waals surface area contributed by atoms with Gasteiger partial charge in [-0.15, -0.1) is 0 Å². The minimum Gasteiger partial charge on any atom is -0.481 e. The lowest BCUT2D eigenvalue weighted by Gasteiger charge is -2.29. The van der Waals surface area contributed by atoms with E-state index in [0.29, 0.717) is 103 Å². The largest absolute Gasteiger partial charge is 0.481 e. The number of amides is 5. The van der Waals surface area contributed by atoms with Crippen LogP contribution in [0, 0.1) is 79.6 Å². The van der Waals surface area contributed by atoms with E-state index < -0.39 is 57.5 Å². The molecule has 2 atom stereocenters. The average molecular weight is 1970 g/mol. The molecule has 0 radical (unpaired) electrons. The number of imidazole rings is 5. The Balaban J connectivity index is 0.000000169. The predicted molar refractivity (Wildman–Crippen MR) is 544 cm³/mol. The number of fused-ring (bicyclic) bond motifs is 5. The van der Waals surface area contributed by atoms with Crippen molar-refractivity contribution in [2.24, 2.45) is 38.9 Å². The fraction of sp³-hybridized carbons (Fsp3) is 0.514. The van der Waals surface area contributed by atoms with Gasteiger partial charge in [-0.05, 0) is 254 Å². The normalized spacial score (nSPS) is 16.3. The van der Waals surface area contributed by atoms with E-state index in [4.69, 9.17) is 5.11 Å². The third kappa shape index (κ3) is 27.1. The second-order valence-corrected chi connectivity index (χ2v) is 46.1. The van der Waals surface area contributed by atoms with Crippen molar-refractivity contribution in [1.29, 1.82) is 0 Å². The molecule has 12 aromatic rings. The van der Waals surface area contributed by atoms with Crippen LogP contribution in [0.2, 0.25) is 0 Å². The molecule has 17 rings (SSSR count). The topological polar surface area (TPSA) is 353 Å². The number of hydrogen-bond acceptors (Lipinski definition) is 15. The molecule has 5 fully saturated rings. The highest BCUT2D eigenvalue weighted by Gasteiger charge is 2.52. The summed E-state index contributed by atoms with van der Waals surface area (Å²) >= 11 is 0. The monoisotopic (exact) mass is 1970 g/mol. The Morgan fingerprint density at radius 2 is 0.563 bits per heavy atom. The number of carboxylic acids is 1. The van der Waals surface area contributed by atoms with Crippen LogP contribution >= 0.6 is 0 Å². The Hall–Kier alpha value is -11.9. The fourth-order valence-corrected chi connectivity index (χ4v) is 17.9. The molecule has 0 aliphatic heterocycles. The first-order valence-corrected chi connectivity index (χ1v) is 48.1. The van der Waals surface area contributed by atoms with Crippen molar-refractivity contribution in [3.05, 3.63) is 178 Å². The lowest BCUT2D eigenvalue weighted by atomic mass is 9.92. The van der Waals surface area contributed by atoms with E-state index in [1.54, 1.807) is 115 Å². The molecule has 10 N–H and O–H groups in total. The number of carbonyl (C=O) groups is 6. The maximum atomic E-state index is 15.5. The summed E-state index contributed by atoms with van der Waals surface area (Å²) in [7, 11) is 0. The molecule has 5 saturated carbocycles. The first-order valence-electron chi connectivity index (χ1n) is 48.1. The Kier molecular flexibility index (Phi) is 32.8. The van der Waals surface area contributed by atoms with E-state index in [-0.39, 0.29) is 186 Å². The van der Waals surface area contributed by atoms with Gasteiger partial charge in [-0.3, -0.25) is 64.5 Å². The lowest BCUT2D eigenvalue weighted by Crippen LogP contribution is -2.25. The van der Waals surface area contributed by atoms with Crippen LogP contribution in [-0.4, -0.2) is 131 Å². The van der Waals surface area contributed by atoms with Crippen molar-refractivity contribution >= 4 is 120 Å². The molecule has 0 bridgehead atoms. The molecule has 142 heavy (non-hydrogen) atoms. The van der Waals surface area contributed by atoms with Gasteiger partial charge in [0.05, 0.1) is 56.4 Å². The SMILES string of the molecule is C.C.CC(C)(C)CC(=O)Nc1nc2ccc(CC(=O)O)c(F)c2n1C1CCC1.CC(C)(C)CC(=O)Nc1nc2ccc(CC(C)(C)O)c(F)c2n1-c1ccc(F)cc1.CC(C)(C)CC(=O)Nc1nc2ccc(CC(C)(C)O)c(F)c2n1C1CCC1.CC(C)(O)Cc1ccc2nc(NC(=O)[C@H]3CC3(C)C)n(-c3ccc(F)cc3)c2c1F.CC(C)(O)Cc1ccc2nc(NC(=O)[C@H]3CC3(C)C)n(C3CCC3)c2c1F.